The maximum atomic E-state index is 14.1. The third kappa shape index (κ3) is 5.05. The fraction of sp³-hybridized carbons (Fsp3) is 0.0909. The number of hydrogen-bond acceptors (Lipinski definition) is 3. The predicted octanol–water partition coefficient (Wildman–Crippen LogP) is 6.89. The molecule has 0 saturated carbocycles. The zero-order valence-corrected chi connectivity index (χ0v) is 19.0. The minimum absolute atomic E-state index is 0.0476. The lowest BCUT2D eigenvalue weighted by atomic mass is 10.1. The molecular formula is C22H15BrClF3N2O3. The van der Waals surface area contributed by atoms with E-state index in [1.54, 1.807) is 19.9 Å². The summed E-state index contributed by atoms with van der Waals surface area (Å²) < 4.78 is 47.7. The number of nitrogens with one attached hydrogen (secondary N) is 2. The van der Waals surface area contributed by atoms with Gasteiger partial charge in [0.05, 0.1) is 5.02 Å². The van der Waals surface area contributed by atoms with Crippen molar-refractivity contribution in [2.24, 2.45) is 0 Å². The summed E-state index contributed by atoms with van der Waals surface area (Å²) in [5.74, 6) is -3.93. The number of rotatable bonds is 4. The average molecular weight is 528 g/mol. The highest BCUT2D eigenvalue weighted by molar-refractivity contribution is 9.10. The Balaban J connectivity index is 1.80. The number of amides is 3. The minimum Gasteiger partial charge on any atom is -0.452 e. The zero-order valence-electron chi connectivity index (χ0n) is 16.7. The molecule has 0 unspecified atom stereocenters. The zero-order chi connectivity index (χ0) is 23.6. The second-order valence-corrected chi connectivity index (χ2v) is 7.98. The second kappa shape index (κ2) is 9.62. The molecule has 0 saturated heterocycles. The Morgan fingerprint density at radius 2 is 1.66 bits per heavy atom. The van der Waals surface area contributed by atoms with Crippen molar-refractivity contribution in [3.8, 4) is 11.5 Å². The largest absolute Gasteiger partial charge is 0.452 e. The van der Waals surface area contributed by atoms with Gasteiger partial charge >= 0.3 is 6.03 Å². The van der Waals surface area contributed by atoms with Gasteiger partial charge in [0, 0.05) is 10.2 Å². The SMILES string of the molecule is Cc1cc(NC(=O)NC(=O)c2c(F)cccc2F)c(C)c(Cl)c1Oc1ccc(Br)cc1F. The molecule has 0 heterocycles. The van der Waals surface area contributed by atoms with Crippen molar-refractivity contribution in [2.75, 3.05) is 5.32 Å². The molecule has 0 bridgehead atoms. The summed E-state index contributed by atoms with van der Waals surface area (Å²) in [6.07, 6.45) is 0. The fourth-order valence-corrected chi connectivity index (χ4v) is 3.43. The quantitative estimate of drug-likeness (QED) is 0.388. The van der Waals surface area contributed by atoms with Gasteiger partial charge in [-0.2, -0.15) is 0 Å². The van der Waals surface area contributed by atoms with Crippen LogP contribution in [0.3, 0.4) is 0 Å². The average Bonchev–Trinajstić information content (AvgIpc) is 2.70. The van der Waals surface area contributed by atoms with E-state index in [9.17, 15) is 22.8 Å². The summed E-state index contributed by atoms with van der Waals surface area (Å²) in [4.78, 5) is 24.3. The number of halogens is 5. The maximum absolute atomic E-state index is 14.1. The Morgan fingerprint density at radius 1 is 1.00 bits per heavy atom. The van der Waals surface area contributed by atoms with E-state index in [4.69, 9.17) is 16.3 Å². The van der Waals surface area contributed by atoms with Crippen molar-refractivity contribution in [1.29, 1.82) is 0 Å². The van der Waals surface area contributed by atoms with Crippen LogP contribution in [0, 0.1) is 31.3 Å². The van der Waals surface area contributed by atoms with Gasteiger partial charge in [-0.1, -0.05) is 33.6 Å². The van der Waals surface area contributed by atoms with E-state index in [1.807, 2.05) is 5.32 Å². The Labute approximate surface area is 194 Å². The van der Waals surface area contributed by atoms with Crippen LogP contribution in [0.5, 0.6) is 11.5 Å². The van der Waals surface area contributed by atoms with E-state index >= 15 is 0 Å². The molecule has 5 nitrogen and oxygen atoms in total. The van der Waals surface area contributed by atoms with E-state index in [-0.39, 0.29) is 22.2 Å². The normalized spacial score (nSPS) is 10.6. The Morgan fingerprint density at radius 3 is 2.28 bits per heavy atom. The van der Waals surface area contributed by atoms with Crippen molar-refractivity contribution in [1.82, 2.24) is 5.32 Å². The van der Waals surface area contributed by atoms with E-state index < -0.39 is 35.0 Å². The highest BCUT2D eigenvalue weighted by Crippen LogP contribution is 2.39. The van der Waals surface area contributed by atoms with E-state index in [0.29, 0.717) is 15.6 Å². The molecule has 0 fully saturated rings. The number of anilines is 1. The van der Waals surface area contributed by atoms with E-state index in [1.165, 1.54) is 18.2 Å². The molecule has 3 rings (SSSR count). The number of urea groups is 1. The first-order valence-electron chi connectivity index (χ1n) is 9.07. The fourth-order valence-electron chi connectivity index (χ4n) is 2.81. The van der Waals surface area contributed by atoms with Crippen LogP contribution >= 0.6 is 27.5 Å². The molecule has 0 aromatic heterocycles. The topological polar surface area (TPSA) is 67.4 Å². The Hall–Kier alpha value is -3.04. The molecule has 0 spiro atoms. The molecule has 10 heteroatoms. The van der Waals surface area contributed by atoms with Crippen LogP contribution in [0.15, 0.2) is 46.9 Å². The molecular weight excluding hydrogens is 513 g/mol. The summed E-state index contributed by atoms with van der Waals surface area (Å²) in [7, 11) is 0. The summed E-state index contributed by atoms with van der Waals surface area (Å²) in [5.41, 5.74) is 0.165. The van der Waals surface area contributed by atoms with Gasteiger partial charge in [0.1, 0.15) is 22.9 Å². The first kappa shape index (κ1) is 23.6. The molecule has 0 aliphatic rings. The molecule has 2 N–H and O–H groups in total. The summed E-state index contributed by atoms with van der Waals surface area (Å²) >= 11 is 9.53. The van der Waals surface area contributed by atoms with Crippen LogP contribution in [0.25, 0.3) is 0 Å². The molecule has 0 aliphatic carbocycles. The van der Waals surface area contributed by atoms with Crippen molar-refractivity contribution in [3.05, 3.63) is 86.1 Å². The lowest BCUT2D eigenvalue weighted by Gasteiger charge is -2.17. The predicted molar refractivity (Wildman–Crippen MR) is 118 cm³/mol. The van der Waals surface area contributed by atoms with Crippen molar-refractivity contribution in [3.63, 3.8) is 0 Å². The van der Waals surface area contributed by atoms with Crippen molar-refractivity contribution >= 4 is 45.2 Å². The standard InChI is InChI=1S/C22H15BrClF3N2O3/c1-10-8-16(28-22(31)29-21(30)18-13(25)4-3-5-14(18)26)11(2)19(24)20(10)32-17-7-6-12(23)9-15(17)27/h3-9H,1-2H3,(H2,28,29,30,31). The van der Waals surface area contributed by atoms with Crippen LogP contribution in [-0.2, 0) is 0 Å². The van der Waals surface area contributed by atoms with E-state index in [0.717, 1.165) is 18.2 Å². The number of aryl methyl sites for hydroxylation is 1. The number of carbonyl (C=O) groups is 2. The van der Waals surface area contributed by atoms with Crippen LogP contribution in [0.2, 0.25) is 5.02 Å². The van der Waals surface area contributed by atoms with Gasteiger partial charge in [0.15, 0.2) is 11.6 Å². The number of ether oxygens (including phenoxy) is 1. The molecule has 0 aliphatic heterocycles. The maximum Gasteiger partial charge on any atom is 0.326 e. The molecule has 32 heavy (non-hydrogen) atoms. The molecule has 3 amide bonds. The van der Waals surface area contributed by atoms with Gasteiger partial charge in [-0.3, -0.25) is 10.1 Å². The van der Waals surface area contributed by atoms with Crippen LogP contribution in [0.4, 0.5) is 23.7 Å². The number of hydrogen-bond donors (Lipinski definition) is 2. The van der Waals surface area contributed by atoms with Crippen LogP contribution in [0.1, 0.15) is 21.5 Å². The van der Waals surface area contributed by atoms with Gasteiger partial charge < -0.3 is 10.1 Å². The summed E-state index contributed by atoms with van der Waals surface area (Å²) in [6.45, 7) is 3.20. The lowest BCUT2D eigenvalue weighted by Crippen LogP contribution is -2.35. The number of benzene rings is 3. The van der Waals surface area contributed by atoms with Gasteiger partial charge in [-0.15, -0.1) is 0 Å². The first-order chi connectivity index (χ1) is 15.1. The monoisotopic (exact) mass is 526 g/mol. The van der Waals surface area contributed by atoms with E-state index in [2.05, 4.69) is 21.2 Å². The second-order valence-electron chi connectivity index (χ2n) is 6.69. The highest BCUT2D eigenvalue weighted by Gasteiger charge is 2.21. The molecule has 0 atom stereocenters. The molecule has 0 radical (unpaired) electrons. The smallest absolute Gasteiger partial charge is 0.326 e. The number of carbonyl (C=O) groups excluding carboxylic acids is 2. The molecule has 3 aromatic carbocycles. The highest BCUT2D eigenvalue weighted by atomic mass is 79.9. The van der Waals surface area contributed by atoms with Gasteiger partial charge in [-0.05, 0) is 61.4 Å². The minimum atomic E-state index is -1.25. The molecule has 166 valence electrons. The summed E-state index contributed by atoms with van der Waals surface area (Å²) in [6, 6.07) is 7.64. The van der Waals surface area contributed by atoms with Crippen LogP contribution < -0.4 is 15.4 Å². The summed E-state index contributed by atoms with van der Waals surface area (Å²) in [5, 5.41) is 4.37. The first-order valence-corrected chi connectivity index (χ1v) is 10.2. The lowest BCUT2D eigenvalue weighted by molar-refractivity contribution is 0.0959. The Bertz CT molecular complexity index is 1220. The van der Waals surface area contributed by atoms with Crippen LogP contribution in [-0.4, -0.2) is 11.9 Å². The van der Waals surface area contributed by atoms with Gasteiger partial charge in [-0.25, -0.2) is 18.0 Å². The van der Waals surface area contributed by atoms with Gasteiger partial charge in [0.2, 0.25) is 0 Å². The third-order valence-electron chi connectivity index (χ3n) is 4.42. The molecule has 3 aromatic rings. The van der Waals surface area contributed by atoms with Crippen molar-refractivity contribution in [2.45, 2.75) is 13.8 Å². The van der Waals surface area contributed by atoms with Crippen molar-refractivity contribution < 1.29 is 27.5 Å². The third-order valence-corrected chi connectivity index (χ3v) is 5.37. The number of imide groups is 1. The van der Waals surface area contributed by atoms with Gasteiger partial charge in [0.25, 0.3) is 5.91 Å². The Kier molecular flexibility index (Phi) is 7.10.